The number of rotatable bonds is 3. The number of aryl methyl sites for hydroxylation is 6. The van der Waals surface area contributed by atoms with Crippen molar-refractivity contribution in [2.24, 2.45) is 0 Å². The molecule has 0 spiro atoms. The molecule has 249 valence electrons. The smallest absolute Gasteiger partial charge is 0.0702 e. The summed E-state index contributed by atoms with van der Waals surface area (Å²) < 4.78 is 0. The van der Waals surface area contributed by atoms with E-state index in [-0.39, 0.29) is 20.1 Å². The Hall–Kier alpha value is -4.24. The third kappa shape index (κ3) is 9.06. The van der Waals surface area contributed by atoms with E-state index in [9.17, 15) is 0 Å². The van der Waals surface area contributed by atoms with E-state index in [2.05, 4.69) is 87.7 Å². The Morgan fingerprint density at radius 3 is 0.857 bits per heavy atom. The SMILES string of the molecule is [Ir].c1ccc(-c2ccc3c(c2)CCCC3)nc1.c1ccc(-c2ccc3c(c2)CCCC3)nc1.c1ccc(-c2ccc3c(c2)CCCC3)nc1. The Morgan fingerprint density at radius 1 is 0.306 bits per heavy atom. The molecule has 6 aromatic rings. The molecule has 49 heavy (non-hydrogen) atoms. The molecule has 0 unspecified atom stereocenters. The minimum Gasteiger partial charge on any atom is -0.256 e. The first kappa shape index (κ1) is 34.6. The molecule has 4 heteroatoms. The van der Waals surface area contributed by atoms with Crippen molar-refractivity contribution >= 4 is 0 Å². The fourth-order valence-electron chi connectivity index (χ4n) is 7.28. The van der Waals surface area contributed by atoms with Gasteiger partial charge < -0.3 is 0 Å². The van der Waals surface area contributed by atoms with Gasteiger partial charge in [0.15, 0.2) is 0 Å². The van der Waals surface area contributed by atoms with Crippen molar-refractivity contribution in [3.63, 3.8) is 0 Å². The van der Waals surface area contributed by atoms with Crippen molar-refractivity contribution in [3.8, 4) is 33.8 Å². The topological polar surface area (TPSA) is 38.7 Å². The number of nitrogens with zero attached hydrogens (tertiary/aromatic N) is 3. The molecular formula is C45H45IrN3. The normalized spacial score (nSPS) is 14.2. The molecule has 1 radical (unpaired) electrons. The van der Waals surface area contributed by atoms with Crippen LogP contribution in [-0.4, -0.2) is 15.0 Å². The zero-order valence-corrected chi connectivity index (χ0v) is 30.7. The maximum absolute atomic E-state index is 4.40. The van der Waals surface area contributed by atoms with Crippen LogP contribution in [0.15, 0.2) is 128 Å². The van der Waals surface area contributed by atoms with E-state index in [0.717, 1.165) is 17.1 Å². The summed E-state index contributed by atoms with van der Waals surface area (Å²) in [7, 11) is 0. The zero-order chi connectivity index (χ0) is 32.4. The second-order valence-electron chi connectivity index (χ2n) is 13.2. The van der Waals surface area contributed by atoms with Gasteiger partial charge in [0.2, 0.25) is 0 Å². The van der Waals surface area contributed by atoms with Gasteiger partial charge in [0.25, 0.3) is 0 Å². The minimum absolute atomic E-state index is 0. The van der Waals surface area contributed by atoms with E-state index in [1.165, 1.54) is 127 Å². The molecule has 0 saturated carbocycles. The molecule has 3 aliphatic rings. The van der Waals surface area contributed by atoms with Gasteiger partial charge in [0.1, 0.15) is 0 Å². The van der Waals surface area contributed by atoms with Crippen LogP contribution in [-0.2, 0) is 58.6 Å². The van der Waals surface area contributed by atoms with Gasteiger partial charge in [0, 0.05) is 55.4 Å². The van der Waals surface area contributed by atoms with Crippen LogP contribution in [0.3, 0.4) is 0 Å². The van der Waals surface area contributed by atoms with E-state index in [1.54, 1.807) is 0 Å². The Bertz CT molecular complexity index is 1700. The predicted molar refractivity (Wildman–Crippen MR) is 199 cm³/mol. The summed E-state index contributed by atoms with van der Waals surface area (Å²) in [5, 5.41) is 0. The quantitative estimate of drug-likeness (QED) is 0.179. The molecule has 0 atom stereocenters. The number of pyridine rings is 3. The molecule has 0 amide bonds. The standard InChI is InChI=1S/3C15H15N.Ir/c3*1-2-6-13-11-14(9-8-12(13)5-1)15-7-3-4-10-16-15;/h3*3-4,7-11H,1-2,5-6H2;. The molecule has 3 aromatic heterocycles. The van der Waals surface area contributed by atoms with Crippen LogP contribution in [0.25, 0.3) is 33.8 Å². The van der Waals surface area contributed by atoms with Crippen LogP contribution in [0.4, 0.5) is 0 Å². The minimum atomic E-state index is 0. The monoisotopic (exact) mass is 820 g/mol. The van der Waals surface area contributed by atoms with Gasteiger partial charge in [-0.05, 0) is 165 Å². The average Bonchev–Trinajstić information content (AvgIpc) is 3.19. The first-order chi connectivity index (χ1) is 23.8. The van der Waals surface area contributed by atoms with Crippen molar-refractivity contribution in [2.75, 3.05) is 0 Å². The zero-order valence-electron chi connectivity index (χ0n) is 28.3. The van der Waals surface area contributed by atoms with Crippen LogP contribution >= 0.6 is 0 Å². The van der Waals surface area contributed by atoms with Crippen molar-refractivity contribution in [2.45, 2.75) is 77.0 Å². The molecule has 0 saturated heterocycles. The molecule has 0 fully saturated rings. The van der Waals surface area contributed by atoms with Crippen LogP contribution in [0.2, 0.25) is 0 Å². The largest absolute Gasteiger partial charge is 0.256 e. The summed E-state index contributed by atoms with van der Waals surface area (Å²) in [4.78, 5) is 13.2. The summed E-state index contributed by atoms with van der Waals surface area (Å²) >= 11 is 0. The van der Waals surface area contributed by atoms with Crippen LogP contribution < -0.4 is 0 Å². The first-order valence-electron chi connectivity index (χ1n) is 17.9. The predicted octanol–water partition coefficient (Wildman–Crippen LogP) is 10.9. The Morgan fingerprint density at radius 2 is 0.592 bits per heavy atom. The average molecular weight is 820 g/mol. The summed E-state index contributed by atoms with van der Waals surface area (Å²) in [5.74, 6) is 0. The summed E-state index contributed by atoms with van der Waals surface area (Å²) in [6.45, 7) is 0. The van der Waals surface area contributed by atoms with E-state index in [1.807, 2.05) is 55.0 Å². The van der Waals surface area contributed by atoms with E-state index in [0.29, 0.717) is 0 Å². The van der Waals surface area contributed by atoms with Gasteiger partial charge in [0.05, 0.1) is 17.1 Å². The number of hydrogen-bond donors (Lipinski definition) is 0. The summed E-state index contributed by atoms with van der Waals surface area (Å²) in [6.07, 6.45) is 21.0. The van der Waals surface area contributed by atoms with Crippen molar-refractivity contribution in [1.82, 2.24) is 15.0 Å². The van der Waals surface area contributed by atoms with Gasteiger partial charge in [-0.25, -0.2) is 0 Å². The summed E-state index contributed by atoms with van der Waals surface area (Å²) in [5.41, 5.74) is 16.2. The van der Waals surface area contributed by atoms with Gasteiger partial charge in [-0.1, -0.05) is 54.6 Å². The first-order valence-corrected chi connectivity index (χ1v) is 17.9. The van der Waals surface area contributed by atoms with E-state index < -0.39 is 0 Å². The second kappa shape index (κ2) is 17.4. The maximum Gasteiger partial charge on any atom is 0.0702 e. The number of benzene rings is 3. The molecule has 3 aromatic carbocycles. The Labute approximate surface area is 305 Å². The van der Waals surface area contributed by atoms with Gasteiger partial charge >= 0.3 is 0 Å². The molecule has 3 nitrogen and oxygen atoms in total. The number of fused-ring (bicyclic) bond motifs is 3. The van der Waals surface area contributed by atoms with Crippen LogP contribution in [0.5, 0.6) is 0 Å². The molecule has 3 aliphatic carbocycles. The molecular weight excluding hydrogens is 775 g/mol. The van der Waals surface area contributed by atoms with E-state index >= 15 is 0 Å². The van der Waals surface area contributed by atoms with Gasteiger partial charge in [-0.15, -0.1) is 0 Å². The fourth-order valence-corrected chi connectivity index (χ4v) is 7.28. The Balaban J connectivity index is 0.000000126. The van der Waals surface area contributed by atoms with Crippen LogP contribution in [0.1, 0.15) is 71.9 Å². The third-order valence-electron chi connectivity index (χ3n) is 9.93. The summed E-state index contributed by atoms with van der Waals surface area (Å²) in [6, 6.07) is 38.6. The molecule has 0 aliphatic heterocycles. The van der Waals surface area contributed by atoms with Crippen LogP contribution in [0, 0.1) is 0 Å². The Kier molecular flexibility index (Phi) is 12.3. The molecule has 9 rings (SSSR count). The van der Waals surface area contributed by atoms with Gasteiger partial charge in [-0.3, -0.25) is 15.0 Å². The van der Waals surface area contributed by atoms with Crippen molar-refractivity contribution in [3.05, 3.63) is 161 Å². The number of aromatic nitrogens is 3. The van der Waals surface area contributed by atoms with E-state index in [4.69, 9.17) is 0 Å². The fraction of sp³-hybridized carbons (Fsp3) is 0.267. The molecule has 0 bridgehead atoms. The maximum atomic E-state index is 4.40. The third-order valence-corrected chi connectivity index (χ3v) is 9.93. The number of hydrogen-bond acceptors (Lipinski definition) is 3. The second-order valence-corrected chi connectivity index (χ2v) is 13.2. The van der Waals surface area contributed by atoms with Crippen molar-refractivity contribution in [1.29, 1.82) is 0 Å². The van der Waals surface area contributed by atoms with Crippen molar-refractivity contribution < 1.29 is 20.1 Å². The van der Waals surface area contributed by atoms with Gasteiger partial charge in [-0.2, -0.15) is 0 Å². The molecule has 0 N–H and O–H groups in total. The molecule has 3 heterocycles.